The first-order chi connectivity index (χ1) is 16.0. The standard InChI is InChI=1S/C25H26Cl2N4OS.ClH/c1-31-15-18(9-17-7-8-22(26)23(27)11-17)10-21(31)14-28-24(32)16-33-25-29-12-20(13-30-25)19-5-3-2-4-6-19;/h2-8,11-13,18,21H,9-10,14-16H2,1H3,(H,28,32);1H/t18-,21-;/m1./s1. The van der Waals surface area contributed by atoms with Crippen molar-refractivity contribution in [3.8, 4) is 11.1 Å². The smallest absolute Gasteiger partial charge is 0.230 e. The van der Waals surface area contributed by atoms with Crippen LogP contribution in [0.3, 0.4) is 0 Å². The molecule has 180 valence electrons. The summed E-state index contributed by atoms with van der Waals surface area (Å²) in [7, 11) is 2.11. The summed E-state index contributed by atoms with van der Waals surface area (Å²) in [4.78, 5) is 23.5. The molecule has 1 aromatic heterocycles. The lowest BCUT2D eigenvalue weighted by Gasteiger charge is -2.19. The van der Waals surface area contributed by atoms with E-state index in [2.05, 4.69) is 27.2 Å². The lowest BCUT2D eigenvalue weighted by atomic mass is 9.97. The van der Waals surface area contributed by atoms with E-state index in [0.717, 1.165) is 30.5 Å². The minimum absolute atomic E-state index is 0. The number of aromatic nitrogens is 2. The SMILES string of the molecule is CN1C[C@H](Cc2ccc(Cl)c(Cl)c2)C[C@@H]1CNC(=O)CSc1ncc(-c2ccccc2)cn1.Cl. The second-order valence-electron chi connectivity index (χ2n) is 8.36. The first-order valence-corrected chi connectivity index (χ1v) is 12.6. The van der Waals surface area contributed by atoms with Crippen molar-refractivity contribution < 1.29 is 4.79 Å². The van der Waals surface area contributed by atoms with Crippen LogP contribution < -0.4 is 5.32 Å². The van der Waals surface area contributed by atoms with Crippen LogP contribution in [0.25, 0.3) is 11.1 Å². The molecule has 0 bridgehead atoms. The molecule has 9 heteroatoms. The molecule has 1 aliphatic rings. The maximum absolute atomic E-state index is 12.4. The van der Waals surface area contributed by atoms with E-state index < -0.39 is 0 Å². The van der Waals surface area contributed by atoms with Gasteiger partial charge < -0.3 is 10.2 Å². The van der Waals surface area contributed by atoms with Crippen molar-refractivity contribution in [1.29, 1.82) is 0 Å². The third-order valence-corrected chi connectivity index (χ3v) is 7.50. The molecule has 1 aliphatic heterocycles. The Kier molecular flexibility index (Phi) is 10.0. The van der Waals surface area contributed by atoms with Crippen LogP contribution in [0.2, 0.25) is 10.0 Å². The molecule has 1 saturated heterocycles. The van der Waals surface area contributed by atoms with Crippen molar-refractivity contribution in [3.63, 3.8) is 0 Å². The maximum Gasteiger partial charge on any atom is 0.230 e. The molecule has 0 saturated carbocycles. The molecule has 4 rings (SSSR count). The number of hydrogen-bond donors (Lipinski definition) is 1. The molecule has 2 heterocycles. The molecule has 1 fully saturated rings. The normalized spacial score (nSPS) is 17.9. The molecule has 0 aliphatic carbocycles. The van der Waals surface area contributed by atoms with Crippen LogP contribution in [0, 0.1) is 5.92 Å². The molecule has 2 aromatic carbocycles. The Morgan fingerprint density at radius 3 is 2.53 bits per heavy atom. The second-order valence-corrected chi connectivity index (χ2v) is 10.1. The number of likely N-dealkylation sites (tertiary alicyclic amines) is 1. The number of carbonyl (C=O) groups excluding carboxylic acids is 1. The van der Waals surface area contributed by atoms with Gasteiger partial charge in [-0.1, -0.05) is 71.4 Å². The summed E-state index contributed by atoms with van der Waals surface area (Å²) in [6, 6.07) is 16.2. The molecule has 1 amide bonds. The highest BCUT2D eigenvalue weighted by Gasteiger charge is 2.29. The number of nitrogens with zero attached hydrogens (tertiary/aromatic N) is 3. The third kappa shape index (κ3) is 7.33. The summed E-state index contributed by atoms with van der Waals surface area (Å²) < 4.78 is 0. The zero-order valence-electron chi connectivity index (χ0n) is 18.8. The Bertz CT molecular complexity index is 1090. The van der Waals surface area contributed by atoms with Crippen LogP contribution in [0.15, 0.2) is 66.1 Å². The van der Waals surface area contributed by atoms with E-state index in [1.54, 1.807) is 12.4 Å². The van der Waals surface area contributed by atoms with E-state index in [1.807, 2.05) is 48.5 Å². The highest BCUT2D eigenvalue weighted by Crippen LogP contribution is 2.28. The van der Waals surface area contributed by atoms with Crippen LogP contribution in [0.4, 0.5) is 0 Å². The lowest BCUT2D eigenvalue weighted by molar-refractivity contribution is -0.118. The highest BCUT2D eigenvalue weighted by atomic mass is 35.5. The topological polar surface area (TPSA) is 58.1 Å². The van der Waals surface area contributed by atoms with Gasteiger partial charge in [0.1, 0.15) is 0 Å². The first kappa shape index (κ1) is 26.8. The van der Waals surface area contributed by atoms with Crippen LogP contribution in [-0.4, -0.2) is 52.7 Å². The van der Waals surface area contributed by atoms with Crippen molar-refractivity contribution in [3.05, 3.63) is 76.5 Å². The minimum atomic E-state index is -0.00271. The number of benzene rings is 2. The fourth-order valence-corrected chi connectivity index (χ4v) is 5.10. The van der Waals surface area contributed by atoms with Gasteiger partial charge >= 0.3 is 0 Å². The number of carbonyl (C=O) groups is 1. The highest BCUT2D eigenvalue weighted by molar-refractivity contribution is 7.99. The van der Waals surface area contributed by atoms with Gasteiger partial charge in [0.2, 0.25) is 5.91 Å². The number of thioether (sulfide) groups is 1. The Morgan fingerprint density at radius 2 is 1.82 bits per heavy atom. The summed E-state index contributed by atoms with van der Waals surface area (Å²) in [6.07, 6.45) is 5.58. The van der Waals surface area contributed by atoms with Gasteiger partial charge in [-0.2, -0.15) is 0 Å². The molecule has 1 N–H and O–H groups in total. The van der Waals surface area contributed by atoms with E-state index in [1.165, 1.54) is 17.3 Å². The number of halogens is 3. The van der Waals surface area contributed by atoms with E-state index >= 15 is 0 Å². The Morgan fingerprint density at radius 1 is 1.09 bits per heavy atom. The van der Waals surface area contributed by atoms with Gasteiger partial charge in [0.05, 0.1) is 15.8 Å². The van der Waals surface area contributed by atoms with E-state index in [-0.39, 0.29) is 18.3 Å². The summed E-state index contributed by atoms with van der Waals surface area (Å²) in [5.74, 6) is 0.825. The van der Waals surface area contributed by atoms with Gasteiger partial charge in [0, 0.05) is 37.1 Å². The zero-order chi connectivity index (χ0) is 23.2. The van der Waals surface area contributed by atoms with Gasteiger partial charge in [-0.3, -0.25) is 4.79 Å². The fourth-order valence-electron chi connectivity index (χ4n) is 4.17. The quantitative estimate of drug-likeness (QED) is 0.297. The van der Waals surface area contributed by atoms with Crippen molar-refractivity contribution in [2.75, 3.05) is 25.9 Å². The summed E-state index contributed by atoms with van der Waals surface area (Å²) in [5, 5.41) is 4.85. The molecule has 2 atom stereocenters. The van der Waals surface area contributed by atoms with Crippen LogP contribution in [-0.2, 0) is 11.2 Å². The Labute approximate surface area is 221 Å². The first-order valence-electron chi connectivity index (χ1n) is 10.9. The molecule has 5 nitrogen and oxygen atoms in total. The van der Waals surface area contributed by atoms with Crippen molar-refractivity contribution in [1.82, 2.24) is 20.2 Å². The maximum atomic E-state index is 12.4. The second kappa shape index (κ2) is 12.8. The number of hydrogen-bond acceptors (Lipinski definition) is 5. The average Bonchev–Trinajstić information content (AvgIpc) is 3.18. The summed E-state index contributed by atoms with van der Waals surface area (Å²) in [6.45, 7) is 1.64. The zero-order valence-corrected chi connectivity index (χ0v) is 21.9. The monoisotopic (exact) mass is 536 g/mol. The van der Waals surface area contributed by atoms with Crippen molar-refractivity contribution >= 4 is 53.3 Å². The summed E-state index contributed by atoms with van der Waals surface area (Å²) in [5.41, 5.74) is 3.23. The molecule has 3 aromatic rings. The van der Waals surface area contributed by atoms with Gasteiger partial charge in [0.15, 0.2) is 5.16 Å². The number of rotatable bonds is 8. The van der Waals surface area contributed by atoms with Crippen LogP contribution >= 0.6 is 47.4 Å². The molecule has 0 radical (unpaired) electrons. The van der Waals surface area contributed by atoms with Gasteiger partial charge in [-0.15, -0.1) is 12.4 Å². The van der Waals surface area contributed by atoms with Gasteiger partial charge in [-0.25, -0.2) is 9.97 Å². The third-order valence-electron chi connectivity index (χ3n) is 5.89. The van der Waals surface area contributed by atoms with E-state index in [9.17, 15) is 4.79 Å². The number of amides is 1. The fraction of sp³-hybridized carbons (Fsp3) is 0.320. The lowest BCUT2D eigenvalue weighted by Crippen LogP contribution is -2.38. The van der Waals surface area contributed by atoms with E-state index in [4.69, 9.17) is 23.2 Å². The van der Waals surface area contributed by atoms with Crippen LogP contribution in [0.5, 0.6) is 0 Å². The minimum Gasteiger partial charge on any atom is -0.354 e. The molecular weight excluding hydrogens is 511 g/mol. The average molecular weight is 538 g/mol. The molecular formula is C25H27Cl3N4OS. The van der Waals surface area contributed by atoms with Gasteiger partial charge in [-0.05, 0) is 49.1 Å². The summed E-state index contributed by atoms with van der Waals surface area (Å²) >= 11 is 13.5. The molecule has 0 unspecified atom stereocenters. The van der Waals surface area contributed by atoms with Crippen molar-refractivity contribution in [2.45, 2.75) is 24.0 Å². The van der Waals surface area contributed by atoms with E-state index in [0.29, 0.717) is 39.5 Å². The van der Waals surface area contributed by atoms with Crippen molar-refractivity contribution in [2.24, 2.45) is 5.92 Å². The molecule has 0 spiro atoms. The number of nitrogens with one attached hydrogen (secondary N) is 1. The predicted octanol–water partition coefficient (Wildman–Crippen LogP) is 5.64. The van der Waals surface area contributed by atoms with Crippen LogP contribution in [0.1, 0.15) is 12.0 Å². The predicted molar refractivity (Wildman–Crippen MR) is 143 cm³/mol. The Hall–Kier alpha value is -1.83. The Balaban J connectivity index is 0.00000324. The number of likely N-dealkylation sites (N-methyl/N-ethyl adjacent to an activating group) is 1. The van der Waals surface area contributed by atoms with Gasteiger partial charge in [0.25, 0.3) is 0 Å². The largest absolute Gasteiger partial charge is 0.354 e. The molecule has 34 heavy (non-hydrogen) atoms.